The molecule has 2 N–H and O–H groups in total. The zero-order valence-electron chi connectivity index (χ0n) is 12.0. The fourth-order valence-electron chi connectivity index (χ4n) is 3.26. The van der Waals surface area contributed by atoms with Gasteiger partial charge < -0.3 is 20.1 Å². The summed E-state index contributed by atoms with van der Waals surface area (Å²) in [5.74, 6) is 0.276. The van der Waals surface area contributed by atoms with Crippen molar-refractivity contribution >= 4 is 34.9 Å². The van der Waals surface area contributed by atoms with Crippen molar-refractivity contribution in [1.29, 1.82) is 0 Å². The summed E-state index contributed by atoms with van der Waals surface area (Å²) in [5, 5.41) is 13.5. The van der Waals surface area contributed by atoms with Crippen molar-refractivity contribution in [3.8, 4) is 0 Å². The Morgan fingerprint density at radius 3 is 3.00 bits per heavy atom. The summed E-state index contributed by atoms with van der Waals surface area (Å²) in [6.45, 7) is 2.33. The van der Waals surface area contributed by atoms with Crippen LogP contribution in [-0.4, -0.2) is 48.9 Å². The molecule has 0 unspecified atom stereocenters. The van der Waals surface area contributed by atoms with Gasteiger partial charge in [0.2, 0.25) is 0 Å². The molecule has 0 bridgehead atoms. The number of carbonyl (C=O) groups is 1. The highest BCUT2D eigenvalue weighted by atomic mass is 35.5. The van der Waals surface area contributed by atoms with Crippen molar-refractivity contribution in [2.45, 2.75) is 6.42 Å². The number of aliphatic hydroxyl groups is 1. The number of rotatable bonds is 2. The fourth-order valence-corrected chi connectivity index (χ4v) is 3.72. The lowest BCUT2D eigenvalue weighted by molar-refractivity contribution is -0.0555. The van der Waals surface area contributed by atoms with E-state index >= 15 is 0 Å². The molecule has 7 heteroatoms. The van der Waals surface area contributed by atoms with Crippen LogP contribution in [0.4, 0.5) is 10.5 Å². The first-order chi connectivity index (χ1) is 10.5. The minimum atomic E-state index is -0.334. The van der Waals surface area contributed by atoms with Gasteiger partial charge in [-0.3, -0.25) is 0 Å². The van der Waals surface area contributed by atoms with Gasteiger partial charge in [-0.05, 0) is 30.5 Å². The quantitative estimate of drug-likeness (QED) is 0.867. The molecular weight excluding hydrogens is 327 g/mol. The van der Waals surface area contributed by atoms with E-state index in [9.17, 15) is 9.90 Å². The number of ether oxygens (including phenoxy) is 1. The molecule has 2 fully saturated rings. The van der Waals surface area contributed by atoms with Gasteiger partial charge in [0.05, 0.1) is 23.9 Å². The van der Waals surface area contributed by atoms with Crippen molar-refractivity contribution in [3.63, 3.8) is 0 Å². The van der Waals surface area contributed by atoms with Crippen LogP contribution in [0.15, 0.2) is 18.2 Å². The van der Waals surface area contributed by atoms with E-state index in [-0.39, 0.29) is 24.0 Å². The van der Waals surface area contributed by atoms with Crippen LogP contribution in [0.5, 0.6) is 0 Å². The number of fused-ring (bicyclic) bond motifs is 1. The minimum absolute atomic E-state index is 0.0309. The maximum Gasteiger partial charge on any atom is 0.321 e. The van der Waals surface area contributed by atoms with Crippen molar-refractivity contribution in [2.75, 3.05) is 38.2 Å². The Kier molecular flexibility index (Phi) is 4.50. The lowest BCUT2D eigenvalue weighted by atomic mass is 9.76. The van der Waals surface area contributed by atoms with Gasteiger partial charge in [0.25, 0.3) is 0 Å². The number of anilines is 1. The van der Waals surface area contributed by atoms with Crippen LogP contribution >= 0.6 is 23.2 Å². The topological polar surface area (TPSA) is 61.8 Å². The summed E-state index contributed by atoms with van der Waals surface area (Å²) in [4.78, 5) is 14.2. The van der Waals surface area contributed by atoms with E-state index in [1.807, 2.05) is 0 Å². The van der Waals surface area contributed by atoms with Gasteiger partial charge in [0.15, 0.2) is 0 Å². The van der Waals surface area contributed by atoms with Gasteiger partial charge in [-0.25, -0.2) is 4.79 Å². The number of amides is 2. The molecule has 0 saturated carbocycles. The third-order valence-corrected chi connectivity index (χ3v) is 5.14. The minimum Gasteiger partial charge on any atom is -0.396 e. The lowest BCUT2D eigenvalue weighted by Gasteiger charge is -2.36. The highest BCUT2D eigenvalue weighted by Gasteiger charge is 2.49. The van der Waals surface area contributed by atoms with Gasteiger partial charge in [-0.1, -0.05) is 23.2 Å². The van der Waals surface area contributed by atoms with Crippen LogP contribution < -0.4 is 5.32 Å². The molecule has 3 rings (SSSR count). The predicted octanol–water partition coefficient (Wildman–Crippen LogP) is 2.86. The number of nitrogens with one attached hydrogen (secondary N) is 1. The number of hydrogen-bond acceptors (Lipinski definition) is 3. The lowest BCUT2D eigenvalue weighted by Crippen LogP contribution is -2.43. The van der Waals surface area contributed by atoms with Gasteiger partial charge in [-0.15, -0.1) is 0 Å². The first kappa shape index (κ1) is 15.9. The maximum atomic E-state index is 12.5. The molecule has 0 radical (unpaired) electrons. The zero-order chi connectivity index (χ0) is 15.7. The monoisotopic (exact) mass is 344 g/mol. The number of likely N-dealkylation sites (tertiary alicyclic amines) is 1. The largest absolute Gasteiger partial charge is 0.396 e. The van der Waals surface area contributed by atoms with E-state index in [2.05, 4.69) is 5.32 Å². The van der Waals surface area contributed by atoms with Gasteiger partial charge >= 0.3 is 6.03 Å². The Morgan fingerprint density at radius 2 is 2.32 bits per heavy atom. The maximum absolute atomic E-state index is 12.5. The summed E-state index contributed by atoms with van der Waals surface area (Å²) in [5.41, 5.74) is 0.194. The summed E-state index contributed by atoms with van der Waals surface area (Å²) < 4.78 is 5.50. The third-order valence-electron chi connectivity index (χ3n) is 4.59. The van der Waals surface area contributed by atoms with Crippen molar-refractivity contribution in [3.05, 3.63) is 28.2 Å². The number of aliphatic hydroxyl groups excluding tert-OH is 1. The van der Waals surface area contributed by atoms with Crippen LogP contribution in [0, 0.1) is 11.3 Å². The van der Waals surface area contributed by atoms with Crippen LogP contribution in [0.3, 0.4) is 0 Å². The molecule has 2 saturated heterocycles. The molecule has 2 aliphatic heterocycles. The van der Waals surface area contributed by atoms with Crippen LogP contribution in [0.2, 0.25) is 10.0 Å². The second-order valence-electron chi connectivity index (χ2n) is 5.99. The van der Waals surface area contributed by atoms with Crippen molar-refractivity contribution < 1.29 is 14.6 Å². The Morgan fingerprint density at radius 1 is 1.50 bits per heavy atom. The Labute approximate surface area is 139 Å². The fraction of sp³-hybridized carbons (Fsp3) is 0.533. The first-order valence-electron chi connectivity index (χ1n) is 7.24. The van der Waals surface area contributed by atoms with Gasteiger partial charge in [0, 0.05) is 30.1 Å². The summed E-state index contributed by atoms with van der Waals surface area (Å²) in [6.07, 6.45) is 0.867. The zero-order valence-corrected chi connectivity index (χ0v) is 13.5. The Hall–Kier alpha value is -1.01. The first-order valence-corrected chi connectivity index (χ1v) is 7.99. The molecule has 120 valence electrons. The van der Waals surface area contributed by atoms with E-state index in [1.165, 1.54) is 0 Å². The summed E-state index contributed by atoms with van der Waals surface area (Å²) in [7, 11) is 0. The average Bonchev–Trinajstić information content (AvgIpc) is 2.90. The smallest absolute Gasteiger partial charge is 0.321 e. The number of carbonyl (C=O) groups excluding carboxylic acids is 1. The molecule has 1 aromatic carbocycles. The third kappa shape index (κ3) is 2.91. The number of hydrogen-bond donors (Lipinski definition) is 2. The van der Waals surface area contributed by atoms with Crippen LogP contribution in [0.25, 0.3) is 0 Å². The van der Waals surface area contributed by atoms with E-state index in [1.54, 1.807) is 23.1 Å². The highest BCUT2D eigenvalue weighted by molar-refractivity contribution is 6.36. The summed E-state index contributed by atoms with van der Waals surface area (Å²) in [6, 6.07) is 4.73. The standard InChI is InChI=1S/C15H18Cl2N2O3/c16-11-1-2-13(12(17)5-11)18-14(21)19-6-10-3-4-22-9-15(10,7-19)8-20/h1-2,5,10,20H,3-4,6-9H2,(H,18,21)/t10-,15+/m0/s1. The van der Waals surface area contributed by atoms with Gasteiger partial charge in [0.1, 0.15) is 0 Å². The predicted molar refractivity (Wildman–Crippen MR) is 85.5 cm³/mol. The SMILES string of the molecule is O=C(Nc1ccc(Cl)cc1Cl)N1C[C@@H]2CCOC[C@]2(CO)C1. The molecule has 2 aliphatic rings. The molecule has 0 aliphatic carbocycles. The van der Waals surface area contributed by atoms with Crippen LogP contribution in [0.1, 0.15) is 6.42 Å². The second kappa shape index (κ2) is 6.24. The molecule has 0 spiro atoms. The van der Waals surface area contributed by atoms with Crippen LogP contribution in [-0.2, 0) is 4.74 Å². The van der Waals surface area contributed by atoms with Gasteiger partial charge in [-0.2, -0.15) is 0 Å². The highest BCUT2D eigenvalue weighted by Crippen LogP contribution is 2.41. The molecule has 22 heavy (non-hydrogen) atoms. The molecule has 5 nitrogen and oxygen atoms in total. The molecule has 2 atom stereocenters. The molecule has 1 aromatic rings. The van der Waals surface area contributed by atoms with Crippen molar-refractivity contribution in [1.82, 2.24) is 4.90 Å². The normalized spacial score (nSPS) is 27.6. The number of benzene rings is 1. The van der Waals surface area contributed by atoms with E-state index < -0.39 is 0 Å². The van der Waals surface area contributed by atoms with E-state index in [0.29, 0.717) is 42.0 Å². The second-order valence-corrected chi connectivity index (χ2v) is 6.84. The van der Waals surface area contributed by atoms with E-state index in [4.69, 9.17) is 27.9 Å². The molecule has 2 amide bonds. The Bertz CT molecular complexity index is 584. The molecule has 2 heterocycles. The summed E-state index contributed by atoms with van der Waals surface area (Å²) >= 11 is 11.9. The number of nitrogens with zero attached hydrogens (tertiary/aromatic N) is 1. The van der Waals surface area contributed by atoms with Crippen molar-refractivity contribution in [2.24, 2.45) is 11.3 Å². The average molecular weight is 345 g/mol. The molecule has 0 aromatic heterocycles. The molecular formula is C15H18Cl2N2O3. The number of urea groups is 1. The Balaban J connectivity index is 1.71. The number of halogens is 2. The van der Waals surface area contributed by atoms with E-state index in [0.717, 1.165) is 6.42 Å².